The van der Waals surface area contributed by atoms with Gasteiger partial charge in [-0.05, 0) is 42.3 Å². The summed E-state index contributed by atoms with van der Waals surface area (Å²) in [6, 6.07) is 12.4. The average Bonchev–Trinajstić information content (AvgIpc) is 2.58. The second-order valence-corrected chi connectivity index (χ2v) is 6.56. The van der Waals surface area contributed by atoms with Crippen LogP contribution in [0.5, 0.6) is 0 Å². The molecule has 2 N–H and O–H groups in total. The Balaban J connectivity index is 1.83. The van der Waals surface area contributed by atoms with E-state index in [1.54, 1.807) is 12.1 Å². The molecule has 2 rings (SSSR count). The van der Waals surface area contributed by atoms with Crippen LogP contribution in [0.25, 0.3) is 0 Å². The molecule has 5 heteroatoms. The fourth-order valence-corrected chi connectivity index (χ4v) is 2.68. The summed E-state index contributed by atoms with van der Waals surface area (Å²) < 4.78 is 14.5. The number of carbonyl (C=O) groups excluding carboxylic acids is 1. The molecule has 2 aromatic rings. The zero-order chi connectivity index (χ0) is 17.4. The summed E-state index contributed by atoms with van der Waals surface area (Å²) in [6.07, 6.45) is 2.05. The Bertz CT molecular complexity index is 674. The van der Waals surface area contributed by atoms with Gasteiger partial charge >= 0.3 is 0 Å². The molecule has 0 aromatic heterocycles. The third-order valence-corrected chi connectivity index (χ3v) is 4.18. The summed E-state index contributed by atoms with van der Waals surface area (Å²) in [4.78, 5) is 11.9. The molecule has 2 aromatic carbocycles. The Morgan fingerprint density at radius 2 is 1.88 bits per heavy atom. The van der Waals surface area contributed by atoms with E-state index in [1.807, 2.05) is 24.3 Å². The summed E-state index contributed by atoms with van der Waals surface area (Å²) in [5.41, 5.74) is 2.33. The first kappa shape index (κ1) is 18.6. The lowest BCUT2D eigenvalue weighted by molar-refractivity contribution is 0.0953. The van der Waals surface area contributed by atoms with Crippen molar-refractivity contribution in [1.29, 1.82) is 0 Å². The van der Waals surface area contributed by atoms with Crippen LogP contribution in [0.4, 0.5) is 4.39 Å². The van der Waals surface area contributed by atoms with E-state index < -0.39 is 0 Å². The normalized spacial score (nSPS) is 10.6. The summed E-state index contributed by atoms with van der Waals surface area (Å²) in [6.45, 7) is 3.86. The van der Waals surface area contributed by atoms with Crippen molar-refractivity contribution in [3.63, 3.8) is 0 Å². The van der Waals surface area contributed by atoms with E-state index in [0.717, 1.165) is 22.9 Å². The lowest BCUT2D eigenvalue weighted by Gasteiger charge is -2.08. The number of carbonyl (C=O) groups is 1. The van der Waals surface area contributed by atoms with Crippen molar-refractivity contribution in [3.05, 3.63) is 69.4 Å². The Morgan fingerprint density at radius 3 is 2.58 bits per heavy atom. The zero-order valence-electron chi connectivity index (χ0n) is 13.7. The van der Waals surface area contributed by atoms with Crippen molar-refractivity contribution in [3.8, 4) is 0 Å². The number of amides is 1. The first-order valence-electron chi connectivity index (χ1n) is 8.12. The molecule has 24 heavy (non-hydrogen) atoms. The Kier molecular flexibility index (Phi) is 7.40. The van der Waals surface area contributed by atoms with E-state index in [4.69, 9.17) is 0 Å². The zero-order valence-corrected chi connectivity index (χ0v) is 15.3. The molecule has 0 radical (unpaired) electrons. The molecule has 0 aliphatic rings. The monoisotopic (exact) mass is 392 g/mol. The number of hydrogen-bond acceptors (Lipinski definition) is 2. The van der Waals surface area contributed by atoms with Gasteiger partial charge in [-0.3, -0.25) is 4.79 Å². The van der Waals surface area contributed by atoms with E-state index in [1.165, 1.54) is 6.07 Å². The van der Waals surface area contributed by atoms with Gasteiger partial charge in [-0.1, -0.05) is 41.4 Å². The molecule has 0 heterocycles. The van der Waals surface area contributed by atoms with Crippen LogP contribution in [0.3, 0.4) is 0 Å². The predicted molar refractivity (Wildman–Crippen MR) is 98.3 cm³/mol. The van der Waals surface area contributed by atoms with Crippen molar-refractivity contribution in [1.82, 2.24) is 10.6 Å². The number of nitrogens with one attached hydrogen (secondary N) is 2. The minimum Gasteiger partial charge on any atom is -0.352 e. The topological polar surface area (TPSA) is 41.1 Å². The number of rotatable bonds is 8. The van der Waals surface area contributed by atoms with Gasteiger partial charge in [0, 0.05) is 35.2 Å². The van der Waals surface area contributed by atoms with E-state index in [2.05, 4.69) is 33.5 Å². The maximum atomic E-state index is 13.7. The van der Waals surface area contributed by atoms with Crippen LogP contribution in [0.15, 0.2) is 46.9 Å². The van der Waals surface area contributed by atoms with Gasteiger partial charge in [0.15, 0.2) is 0 Å². The summed E-state index contributed by atoms with van der Waals surface area (Å²) in [5.74, 6) is -0.260. The largest absolute Gasteiger partial charge is 0.352 e. The molecular weight excluding hydrogens is 371 g/mol. The van der Waals surface area contributed by atoms with Crippen molar-refractivity contribution in [2.45, 2.75) is 32.9 Å². The number of benzene rings is 2. The number of hydrogen-bond donors (Lipinski definition) is 2. The van der Waals surface area contributed by atoms with Crippen molar-refractivity contribution in [2.75, 3.05) is 6.54 Å². The van der Waals surface area contributed by atoms with Crippen LogP contribution >= 0.6 is 15.9 Å². The highest BCUT2D eigenvalue weighted by Crippen LogP contribution is 2.15. The minimum absolute atomic E-state index is 0.0424. The fraction of sp³-hybridized carbons (Fsp3) is 0.316. The quantitative estimate of drug-likeness (QED) is 0.653. The molecule has 0 atom stereocenters. The molecule has 0 aliphatic carbocycles. The van der Waals surface area contributed by atoms with E-state index >= 15 is 0 Å². The van der Waals surface area contributed by atoms with Gasteiger partial charge in [0.25, 0.3) is 5.91 Å². The van der Waals surface area contributed by atoms with Gasteiger partial charge in [0.2, 0.25) is 0 Å². The molecule has 0 aliphatic heterocycles. The predicted octanol–water partition coefficient (Wildman–Crippen LogP) is 4.41. The van der Waals surface area contributed by atoms with Gasteiger partial charge in [-0.2, -0.15) is 0 Å². The molecule has 0 bridgehead atoms. The third-order valence-electron chi connectivity index (χ3n) is 3.68. The van der Waals surface area contributed by atoms with E-state index in [9.17, 15) is 9.18 Å². The highest BCUT2D eigenvalue weighted by atomic mass is 79.9. The Hall–Kier alpha value is -1.72. The van der Waals surface area contributed by atoms with Crippen LogP contribution < -0.4 is 10.6 Å². The Morgan fingerprint density at radius 1 is 1.12 bits per heavy atom. The first-order chi connectivity index (χ1) is 11.6. The average molecular weight is 393 g/mol. The highest BCUT2D eigenvalue weighted by molar-refractivity contribution is 9.10. The van der Waals surface area contributed by atoms with Crippen molar-refractivity contribution in [2.24, 2.45) is 0 Å². The number of unbranched alkanes of at least 4 members (excludes halogenated alkanes) is 1. The van der Waals surface area contributed by atoms with E-state index in [-0.39, 0.29) is 11.7 Å². The smallest absolute Gasteiger partial charge is 0.251 e. The molecule has 128 valence electrons. The maximum Gasteiger partial charge on any atom is 0.251 e. The summed E-state index contributed by atoms with van der Waals surface area (Å²) >= 11 is 3.34. The van der Waals surface area contributed by atoms with Crippen molar-refractivity contribution < 1.29 is 9.18 Å². The first-order valence-corrected chi connectivity index (χ1v) is 8.91. The molecule has 3 nitrogen and oxygen atoms in total. The lowest BCUT2D eigenvalue weighted by atomic mass is 10.1. The van der Waals surface area contributed by atoms with Crippen LogP contribution in [0, 0.1) is 5.82 Å². The molecule has 0 unspecified atom stereocenters. The van der Waals surface area contributed by atoms with Crippen LogP contribution in [-0.4, -0.2) is 12.5 Å². The van der Waals surface area contributed by atoms with Gasteiger partial charge in [-0.25, -0.2) is 4.39 Å². The van der Waals surface area contributed by atoms with Crippen molar-refractivity contribution >= 4 is 21.8 Å². The minimum atomic E-state index is -0.218. The second-order valence-electron chi connectivity index (χ2n) is 5.65. The van der Waals surface area contributed by atoms with E-state index in [0.29, 0.717) is 30.8 Å². The summed E-state index contributed by atoms with van der Waals surface area (Å²) in [7, 11) is 0. The highest BCUT2D eigenvalue weighted by Gasteiger charge is 2.05. The molecule has 0 fully saturated rings. The molecule has 0 saturated heterocycles. The van der Waals surface area contributed by atoms with Crippen LogP contribution in [-0.2, 0) is 13.1 Å². The third kappa shape index (κ3) is 5.73. The number of halogens is 2. The van der Waals surface area contributed by atoms with Gasteiger partial charge in [0.05, 0.1) is 0 Å². The maximum absolute atomic E-state index is 13.7. The molecule has 0 spiro atoms. The molecule has 1 amide bonds. The van der Waals surface area contributed by atoms with Crippen LogP contribution in [0.2, 0.25) is 0 Å². The van der Waals surface area contributed by atoms with Gasteiger partial charge in [-0.15, -0.1) is 0 Å². The Labute approximate surface area is 150 Å². The van der Waals surface area contributed by atoms with Gasteiger partial charge < -0.3 is 10.6 Å². The molecule has 0 saturated carbocycles. The van der Waals surface area contributed by atoms with Crippen LogP contribution in [0.1, 0.15) is 41.3 Å². The second kappa shape index (κ2) is 9.55. The lowest BCUT2D eigenvalue weighted by Crippen LogP contribution is -2.24. The van der Waals surface area contributed by atoms with Gasteiger partial charge in [0.1, 0.15) is 5.82 Å². The fourth-order valence-electron chi connectivity index (χ4n) is 2.28. The summed E-state index contributed by atoms with van der Waals surface area (Å²) in [5, 5.41) is 6.11. The molecular formula is C19H22BrFN2O. The standard InChI is InChI=1S/C19H22BrFN2O/c1-2-3-10-23-19(24)15-6-4-14(5-7-15)12-22-13-16-11-17(20)8-9-18(16)21/h4-9,11,22H,2-3,10,12-13H2,1H3,(H,23,24). The SMILES string of the molecule is CCCCNC(=O)c1ccc(CNCc2cc(Br)ccc2F)cc1.